The molecule has 6 N–H and O–H groups in total. The van der Waals surface area contributed by atoms with Gasteiger partial charge in [-0.1, -0.05) is 24.3 Å². The minimum absolute atomic E-state index is 0.174. The average Bonchev–Trinajstić information content (AvgIpc) is 2.64. The van der Waals surface area contributed by atoms with Crippen molar-refractivity contribution in [3.63, 3.8) is 0 Å². The van der Waals surface area contributed by atoms with E-state index in [0.717, 1.165) is 0 Å². The largest absolute Gasteiger partial charge is 0.507 e. The summed E-state index contributed by atoms with van der Waals surface area (Å²) in [6, 6.07) is 5.92. The van der Waals surface area contributed by atoms with Crippen molar-refractivity contribution in [1.29, 1.82) is 0 Å². The van der Waals surface area contributed by atoms with Crippen molar-refractivity contribution in [2.45, 2.75) is 12.8 Å². The zero-order valence-corrected chi connectivity index (χ0v) is 13.9. The quantitative estimate of drug-likeness (QED) is 0.532. The number of ketones is 2. The lowest BCUT2D eigenvalue weighted by atomic mass is 9.78. The second kappa shape index (κ2) is 6.76. The van der Waals surface area contributed by atoms with Gasteiger partial charge in [-0.05, 0) is 48.5 Å². The number of aromatic hydroxyl groups is 2. The summed E-state index contributed by atoms with van der Waals surface area (Å²) in [5.41, 5.74) is 12.1. The Morgan fingerprint density at radius 1 is 0.692 bits per heavy atom. The molecule has 132 valence electrons. The Hall–Kier alpha value is -3.54. The molecule has 26 heavy (non-hydrogen) atoms. The van der Waals surface area contributed by atoms with Crippen LogP contribution in [0.5, 0.6) is 11.5 Å². The molecule has 1 aliphatic rings. The molecule has 0 aliphatic heterocycles. The van der Waals surface area contributed by atoms with Crippen LogP contribution in [-0.2, 0) is 12.8 Å². The summed E-state index contributed by atoms with van der Waals surface area (Å²) in [5, 5.41) is 20.3. The third-order valence-electron chi connectivity index (χ3n) is 4.40. The molecule has 0 heterocycles. The smallest absolute Gasteiger partial charge is 0.198 e. The maximum atomic E-state index is 13.1. The van der Waals surface area contributed by atoms with Crippen LogP contribution in [0.3, 0.4) is 0 Å². The van der Waals surface area contributed by atoms with Crippen molar-refractivity contribution in [3.8, 4) is 11.5 Å². The highest BCUT2D eigenvalue weighted by atomic mass is 16.3. The molecule has 3 rings (SSSR count). The summed E-state index contributed by atoms with van der Waals surface area (Å²) in [6.45, 7) is 0. The standard InChI is InChI=1S/C20H18N2O4/c21-9-1-3-11-5-6-12(4-2-10-22)16-15(11)19(25)17-13(23)7-8-14(24)18(17)20(16)26/h1-2,5-10,23-24H,3-4,21-22H2. The average molecular weight is 350 g/mol. The summed E-state index contributed by atoms with van der Waals surface area (Å²) in [7, 11) is 0. The van der Waals surface area contributed by atoms with Gasteiger partial charge in [0.05, 0.1) is 11.1 Å². The number of fused-ring (bicyclic) bond motifs is 2. The van der Waals surface area contributed by atoms with Gasteiger partial charge < -0.3 is 21.7 Å². The van der Waals surface area contributed by atoms with Gasteiger partial charge in [0, 0.05) is 11.1 Å². The molecule has 0 saturated carbocycles. The molecule has 6 heteroatoms. The van der Waals surface area contributed by atoms with Gasteiger partial charge in [-0.3, -0.25) is 9.59 Å². The van der Waals surface area contributed by atoms with E-state index in [0.29, 0.717) is 24.0 Å². The van der Waals surface area contributed by atoms with Crippen LogP contribution in [0.15, 0.2) is 48.8 Å². The summed E-state index contributed by atoms with van der Waals surface area (Å²) in [6.07, 6.45) is 6.79. The molecule has 0 saturated heterocycles. The van der Waals surface area contributed by atoms with Crippen LogP contribution in [0.1, 0.15) is 43.0 Å². The second-order valence-electron chi connectivity index (χ2n) is 5.91. The Labute approximate surface area is 150 Å². The lowest BCUT2D eigenvalue weighted by Gasteiger charge is -2.23. The van der Waals surface area contributed by atoms with Crippen molar-refractivity contribution in [2.24, 2.45) is 11.5 Å². The number of phenols is 2. The van der Waals surface area contributed by atoms with Gasteiger partial charge >= 0.3 is 0 Å². The first-order valence-corrected chi connectivity index (χ1v) is 8.03. The minimum Gasteiger partial charge on any atom is -0.507 e. The van der Waals surface area contributed by atoms with Crippen molar-refractivity contribution in [2.75, 3.05) is 0 Å². The Morgan fingerprint density at radius 2 is 1.08 bits per heavy atom. The number of rotatable bonds is 4. The summed E-state index contributed by atoms with van der Waals surface area (Å²) >= 11 is 0. The van der Waals surface area contributed by atoms with Gasteiger partial charge in [-0.15, -0.1) is 0 Å². The molecule has 0 aromatic heterocycles. The fourth-order valence-corrected chi connectivity index (χ4v) is 3.23. The molecule has 0 amide bonds. The normalized spacial score (nSPS) is 13.4. The summed E-state index contributed by atoms with van der Waals surface area (Å²) in [5.74, 6) is -1.67. The molecular formula is C20H18N2O4. The monoisotopic (exact) mass is 350 g/mol. The van der Waals surface area contributed by atoms with E-state index in [-0.39, 0.29) is 33.8 Å². The van der Waals surface area contributed by atoms with Crippen LogP contribution in [0.2, 0.25) is 0 Å². The molecular weight excluding hydrogens is 332 g/mol. The summed E-state index contributed by atoms with van der Waals surface area (Å²) in [4.78, 5) is 26.2. The van der Waals surface area contributed by atoms with Crippen LogP contribution in [-0.4, -0.2) is 21.8 Å². The third kappa shape index (κ3) is 2.61. The molecule has 0 atom stereocenters. The number of hydrogen-bond acceptors (Lipinski definition) is 6. The molecule has 0 radical (unpaired) electrons. The predicted octanol–water partition coefficient (Wildman–Crippen LogP) is 1.90. The molecule has 1 aliphatic carbocycles. The van der Waals surface area contributed by atoms with E-state index in [1.54, 1.807) is 24.3 Å². The molecule has 0 fully saturated rings. The van der Waals surface area contributed by atoms with Crippen LogP contribution < -0.4 is 11.5 Å². The first-order chi connectivity index (χ1) is 12.5. The Morgan fingerprint density at radius 3 is 1.42 bits per heavy atom. The van der Waals surface area contributed by atoms with Gasteiger partial charge in [0.15, 0.2) is 11.6 Å². The number of benzene rings is 2. The maximum Gasteiger partial charge on any atom is 0.198 e. The topological polar surface area (TPSA) is 127 Å². The lowest BCUT2D eigenvalue weighted by molar-refractivity contribution is 0.0973. The van der Waals surface area contributed by atoms with Crippen LogP contribution in [0.25, 0.3) is 0 Å². The third-order valence-corrected chi connectivity index (χ3v) is 4.40. The van der Waals surface area contributed by atoms with Gasteiger partial charge in [-0.25, -0.2) is 0 Å². The number of carbonyl (C=O) groups excluding carboxylic acids is 2. The number of hydrogen-bond donors (Lipinski definition) is 4. The zero-order valence-electron chi connectivity index (χ0n) is 13.9. The van der Waals surface area contributed by atoms with Crippen molar-refractivity contribution in [1.82, 2.24) is 0 Å². The molecule has 0 spiro atoms. The highest BCUT2D eigenvalue weighted by Crippen LogP contribution is 2.40. The fourth-order valence-electron chi connectivity index (χ4n) is 3.23. The Balaban J connectivity index is 2.33. The number of carbonyl (C=O) groups is 2. The fraction of sp³-hybridized carbons (Fsp3) is 0.100. The molecule has 0 unspecified atom stereocenters. The van der Waals surface area contributed by atoms with E-state index >= 15 is 0 Å². The molecule has 2 aromatic rings. The second-order valence-corrected chi connectivity index (χ2v) is 5.91. The van der Waals surface area contributed by atoms with E-state index < -0.39 is 11.6 Å². The molecule has 0 bridgehead atoms. The Bertz CT molecular complexity index is 896. The van der Waals surface area contributed by atoms with Crippen molar-refractivity contribution < 1.29 is 19.8 Å². The van der Waals surface area contributed by atoms with E-state index in [9.17, 15) is 19.8 Å². The lowest BCUT2D eigenvalue weighted by Crippen LogP contribution is -2.24. The minimum atomic E-state index is -0.498. The van der Waals surface area contributed by atoms with E-state index in [1.807, 2.05) is 0 Å². The van der Waals surface area contributed by atoms with Gasteiger partial charge in [0.2, 0.25) is 0 Å². The van der Waals surface area contributed by atoms with Crippen LogP contribution in [0.4, 0.5) is 0 Å². The van der Waals surface area contributed by atoms with Gasteiger partial charge in [-0.2, -0.15) is 0 Å². The van der Waals surface area contributed by atoms with E-state index in [4.69, 9.17) is 11.5 Å². The van der Waals surface area contributed by atoms with Crippen molar-refractivity contribution in [3.05, 3.63) is 82.2 Å². The van der Waals surface area contributed by atoms with Gasteiger partial charge in [0.25, 0.3) is 0 Å². The first kappa shape index (κ1) is 17.3. The molecule has 6 nitrogen and oxygen atoms in total. The zero-order chi connectivity index (χ0) is 18.8. The number of allylic oxidation sites excluding steroid dienone is 2. The highest BCUT2D eigenvalue weighted by molar-refractivity contribution is 6.31. The van der Waals surface area contributed by atoms with E-state index in [2.05, 4.69) is 0 Å². The number of phenolic OH excluding ortho intramolecular Hbond substituents is 2. The predicted molar refractivity (Wildman–Crippen MR) is 97.1 cm³/mol. The highest BCUT2D eigenvalue weighted by Gasteiger charge is 2.37. The maximum absolute atomic E-state index is 13.1. The van der Waals surface area contributed by atoms with E-state index in [1.165, 1.54) is 24.5 Å². The van der Waals surface area contributed by atoms with Gasteiger partial charge in [0.1, 0.15) is 11.5 Å². The first-order valence-electron chi connectivity index (χ1n) is 8.03. The summed E-state index contributed by atoms with van der Waals surface area (Å²) < 4.78 is 0. The van der Waals surface area contributed by atoms with Crippen LogP contribution in [0, 0.1) is 0 Å². The SMILES string of the molecule is NC=CCc1ccc(CC=CN)c2c1C(=O)c1c(O)ccc(O)c1C2=O. The Kier molecular flexibility index (Phi) is 4.49. The molecule has 2 aromatic carbocycles. The van der Waals surface area contributed by atoms with Crippen LogP contribution >= 0.6 is 0 Å². The number of nitrogens with two attached hydrogens (primary N) is 2. The van der Waals surface area contributed by atoms with Crippen molar-refractivity contribution >= 4 is 11.6 Å².